The van der Waals surface area contributed by atoms with Crippen LogP contribution in [-0.2, 0) is 0 Å². The Kier molecular flexibility index (Phi) is 3.36. The number of nitroso groups, excluding NO2 is 1. The van der Waals surface area contributed by atoms with Gasteiger partial charge >= 0.3 is 0 Å². The summed E-state index contributed by atoms with van der Waals surface area (Å²) in [4.78, 5) is 15.0. The monoisotopic (exact) mass is 277 g/mol. The average molecular weight is 277 g/mol. The maximum absolute atomic E-state index is 10.6. The largest absolute Gasteiger partial charge is 0.355 e. The van der Waals surface area contributed by atoms with Crippen molar-refractivity contribution in [3.63, 3.8) is 0 Å². The van der Waals surface area contributed by atoms with Crippen LogP contribution in [-0.4, -0.2) is 4.98 Å². The van der Waals surface area contributed by atoms with Crippen molar-refractivity contribution in [1.82, 2.24) is 4.98 Å². The van der Waals surface area contributed by atoms with Gasteiger partial charge in [0, 0.05) is 23.0 Å². The summed E-state index contributed by atoms with van der Waals surface area (Å²) in [5.74, 6) is 0. The summed E-state index contributed by atoms with van der Waals surface area (Å²) in [5.41, 5.74) is 5.38. The lowest BCUT2D eigenvalue weighted by Crippen LogP contribution is -1.93. The molecule has 0 radical (unpaired) electrons. The van der Waals surface area contributed by atoms with Gasteiger partial charge < -0.3 is 5.32 Å². The highest BCUT2D eigenvalue weighted by atomic mass is 16.3. The number of rotatable bonds is 3. The van der Waals surface area contributed by atoms with Gasteiger partial charge in [0.2, 0.25) is 0 Å². The smallest absolute Gasteiger partial charge is 0.111 e. The summed E-state index contributed by atoms with van der Waals surface area (Å²) in [5, 5.41) is 7.43. The molecule has 3 aromatic rings. The summed E-state index contributed by atoms with van der Waals surface area (Å²) < 4.78 is 0. The number of aryl methyl sites for hydroxylation is 2. The number of anilines is 2. The highest BCUT2D eigenvalue weighted by molar-refractivity contribution is 5.93. The highest BCUT2D eigenvalue weighted by Gasteiger charge is 2.04. The van der Waals surface area contributed by atoms with Crippen LogP contribution in [0.4, 0.5) is 17.1 Å². The van der Waals surface area contributed by atoms with Gasteiger partial charge in [-0.1, -0.05) is 12.1 Å². The Labute approximate surface area is 122 Å². The second kappa shape index (κ2) is 5.32. The first-order valence-corrected chi connectivity index (χ1v) is 6.74. The molecule has 4 nitrogen and oxygen atoms in total. The number of aromatic nitrogens is 1. The third kappa shape index (κ3) is 2.60. The van der Waals surface area contributed by atoms with E-state index >= 15 is 0 Å². The Hall–Kier alpha value is -2.75. The molecule has 0 unspecified atom stereocenters. The lowest BCUT2D eigenvalue weighted by Gasteiger charge is -2.11. The van der Waals surface area contributed by atoms with Crippen molar-refractivity contribution in [1.29, 1.82) is 0 Å². The predicted octanol–water partition coefficient (Wildman–Crippen LogP) is 4.99. The van der Waals surface area contributed by atoms with Crippen LogP contribution < -0.4 is 5.32 Å². The van der Waals surface area contributed by atoms with E-state index in [0.717, 1.165) is 27.8 Å². The Balaban J connectivity index is 2.02. The molecule has 0 saturated heterocycles. The zero-order valence-electron chi connectivity index (χ0n) is 11.9. The maximum Gasteiger partial charge on any atom is 0.111 e. The standard InChI is InChI=1S/C17H15N3O/c1-11-3-5-14-16(7-8-18-17(14)9-11)19-13-4-6-15(20-21)12(2)10-13/h3-10H,1-2H3,(H,18,19). The van der Waals surface area contributed by atoms with Crippen LogP contribution in [0.2, 0.25) is 0 Å². The van der Waals surface area contributed by atoms with Gasteiger partial charge in [-0.05, 0) is 60.5 Å². The molecule has 0 aliphatic rings. The minimum Gasteiger partial charge on any atom is -0.355 e. The minimum absolute atomic E-state index is 0.468. The van der Waals surface area contributed by atoms with E-state index in [2.05, 4.69) is 40.6 Å². The van der Waals surface area contributed by atoms with Crippen LogP contribution in [0.1, 0.15) is 11.1 Å². The van der Waals surface area contributed by atoms with Gasteiger partial charge in [0.15, 0.2) is 0 Å². The molecule has 0 amide bonds. The van der Waals surface area contributed by atoms with Crippen molar-refractivity contribution in [2.75, 3.05) is 5.32 Å². The molecule has 2 aromatic carbocycles. The van der Waals surface area contributed by atoms with Crippen LogP contribution in [0.15, 0.2) is 53.8 Å². The Bertz CT molecular complexity index is 827. The number of pyridine rings is 1. The summed E-state index contributed by atoms with van der Waals surface area (Å²) in [6.45, 7) is 3.92. The zero-order chi connectivity index (χ0) is 14.8. The molecule has 1 N–H and O–H groups in total. The van der Waals surface area contributed by atoms with Crippen LogP contribution in [0.3, 0.4) is 0 Å². The van der Waals surface area contributed by atoms with Crippen molar-refractivity contribution in [3.05, 3.63) is 64.7 Å². The first kappa shape index (κ1) is 13.2. The van der Waals surface area contributed by atoms with Gasteiger partial charge in [-0.3, -0.25) is 4.98 Å². The van der Waals surface area contributed by atoms with Crippen molar-refractivity contribution < 1.29 is 0 Å². The molecule has 0 atom stereocenters. The molecule has 4 heteroatoms. The van der Waals surface area contributed by atoms with E-state index in [-0.39, 0.29) is 0 Å². The van der Waals surface area contributed by atoms with Gasteiger partial charge in [-0.15, -0.1) is 4.91 Å². The van der Waals surface area contributed by atoms with E-state index in [4.69, 9.17) is 0 Å². The molecule has 1 aromatic heterocycles. The van der Waals surface area contributed by atoms with Gasteiger partial charge in [-0.2, -0.15) is 0 Å². The lowest BCUT2D eigenvalue weighted by molar-refractivity contribution is 1.37. The first-order chi connectivity index (χ1) is 10.2. The molecule has 0 aliphatic heterocycles. The van der Waals surface area contributed by atoms with Gasteiger partial charge in [0.1, 0.15) is 5.69 Å². The molecule has 0 saturated carbocycles. The van der Waals surface area contributed by atoms with Crippen LogP contribution in [0, 0.1) is 18.8 Å². The van der Waals surface area contributed by atoms with Crippen molar-refractivity contribution in [2.24, 2.45) is 5.18 Å². The molecular formula is C17H15N3O. The molecule has 0 spiro atoms. The Morgan fingerprint density at radius 3 is 2.67 bits per heavy atom. The van der Waals surface area contributed by atoms with E-state index < -0.39 is 0 Å². The van der Waals surface area contributed by atoms with Crippen molar-refractivity contribution in [2.45, 2.75) is 13.8 Å². The Morgan fingerprint density at radius 1 is 1.05 bits per heavy atom. The topological polar surface area (TPSA) is 54.4 Å². The van der Waals surface area contributed by atoms with E-state index in [1.807, 2.05) is 25.1 Å². The maximum atomic E-state index is 10.6. The fraction of sp³-hybridized carbons (Fsp3) is 0.118. The number of nitrogens with zero attached hydrogens (tertiary/aromatic N) is 2. The second-order valence-electron chi connectivity index (χ2n) is 5.10. The first-order valence-electron chi connectivity index (χ1n) is 6.74. The molecule has 1 heterocycles. The second-order valence-corrected chi connectivity index (χ2v) is 5.10. The van der Waals surface area contributed by atoms with E-state index in [1.54, 1.807) is 12.3 Å². The quantitative estimate of drug-likeness (QED) is 0.686. The number of hydrogen-bond donors (Lipinski definition) is 1. The predicted molar refractivity (Wildman–Crippen MR) is 86.4 cm³/mol. The molecule has 0 bridgehead atoms. The fourth-order valence-corrected chi connectivity index (χ4v) is 2.36. The third-order valence-corrected chi connectivity index (χ3v) is 3.47. The van der Waals surface area contributed by atoms with Crippen molar-refractivity contribution >= 4 is 28.0 Å². The Morgan fingerprint density at radius 2 is 1.90 bits per heavy atom. The lowest BCUT2D eigenvalue weighted by atomic mass is 10.1. The van der Waals surface area contributed by atoms with Crippen LogP contribution >= 0.6 is 0 Å². The molecule has 0 fully saturated rings. The van der Waals surface area contributed by atoms with Crippen molar-refractivity contribution in [3.8, 4) is 0 Å². The third-order valence-electron chi connectivity index (χ3n) is 3.47. The molecular weight excluding hydrogens is 262 g/mol. The number of benzene rings is 2. The zero-order valence-corrected chi connectivity index (χ0v) is 11.9. The normalized spacial score (nSPS) is 10.6. The highest BCUT2D eigenvalue weighted by Crippen LogP contribution is 2.28. The summed E-state index contributed by atoms with van der Waals surface area (Å²) >= 11 is 0. The SMILES string of the molecule is Cc1ccc2c(Nc3ccc(N=O)c(C)c3)ccnc2c1. The summed E-state index contributed by atoms with van der Waals surface area (Å²) in [7, 11) is 0. The van der Waals surface area contributed by atoms with Crippen LogP contribution in [0.25, 0.3) is 10.9 Å². The number of fused-ring (bicyclic) bond motifs is 1. The van der Waals surface area contributed by atoms with E-state index in [0.29, 0.717) is 5.69 Å². The summed E-state index contributed by atoms with van der Waals surface area (Å²) in [6.07, 6.45) is 1.79. The fourth-order valence-electron chi connectivity index (χ4n) is 2.36. The van der Waals surface area contributed by atoms with Gasteiger partial charge in [-0.25, -0.2) is 0 Å². The van der Waals surface area contributed by atoms with Crippen LogP contribution in [0.5, 0.6) is 0 Å². The number of nitrogens with one attached hydrogen (secondary N) is 1. The molecule has 0 aliphatic carbocycles. The van der Waals surface area contributed by atoms with E-state index in [1.165, 1.54) is 5.56 Å². The minimum atomic E-state index is 0.468. The molecule has 104 valence electrons. The van der Waals surface area contributed by atoms with E-state index in [9.17, 15) is 4.91 Å². The molecule has 3 rings (SSSR count). The average Bonchev–Trinajstić information content (AvgIpc) is 2.47. The van der Waals surface area contributed by atoms with Gasteiger partial charge in [0.05, 0.1) is 5.52 Å². The van der Waals surface area contributed by atoms with Gasteiger partial charge in [0.25, 0.3) is 0 Å². The summed E-state index contributed by atoms with van der Waals surface area (Å²) in [6, 6.07) is 13.6. The number of hydrogen-bond acceptors (Lipinski definition) is 4. The molecule has 21 heavy (non-hydrogen) atoms.